The van der Waals surface area contributed by atoms with Gasteiger partial charge >= 0.3 is 0 Å². The highest BCUT2D eigenvalue weighted by molar-refractivity contribution is 5.25. The average molecular weight is 185 g/mol. The Kier molecular flexibility index (Phi) is 2.66. The van der Waals surface area contributed by atoms with E-state index in [2.05, 4.69) is 0 Å². The first kappa shape index (κ1) is 10.1. The van der Waals surface area contributed by atoms with Gasteiger partial charge in [-0.3, -0.25) is 0 Å². The minimum absolute atomic E-state index is 0.357. The zero-order valence-electron chi connectivity index (χ0n) is 7.77. The minimum Gasteiger partial charge on any atom is -0.330 e. The van der Waals surface area contributed by atoms with Crippen LogP contribution in [0.25, 0.3) is 0 Å². The van der Waals surface area contributed by atoms with Gasteiger partial charge in [-0.15, -0.1) is 0 Å². The molecular formula is C10H13F2N. The molecule has 1 rings (SSSR count). The lowest BCUT2D eigenvalue weighted by Crippen LogP contribution is -2.28. The lowest BCUT2D eigenvalue weighted by Gasteiger charge is -2.22. The SMILES string of the molecule is CC(C)(CN)c1cc(F)cc(F)c1. The molecule has 0 heterocycles. The molecule has 72 valence electrons. The van der Waals surface area contributed by atoms with E-state index in [1.807, 2.05) is 13.8 Å². The topological polar surface area (TPSA) is 26.0 Å². The molecule has 1 aromatic rings. The molecule has 1 nitrogen and oxygen atoms in total. The first-order valence-corrected chi connectivity index (χ1v) is 4.12. The van der Waals surface area contributed by atoms with E-state index >= 15 is 0 Å². The van der Waals surface area contributed by atoms with Crippen molar-refractivity contribution in [3.8, 4) is 0 Å². The van der Waals surface area contributed by atoms with Gasteiger partial charge in [0.25, 0.3) is 0 Å². The molecule has 3 heteroatoms. The summed E-state index contributed by atoms with van der Waals surface area (Å²) < 4.78 is 25.6. The molecule has 0 aliphatic carbocycles. The summed E-state index contributed by atoms with van der Waals surface area (Å²) in [5.74, 6) is -1.12. The predicted molar refractivity (Wildman–Crippen MR) is 48.4 cm³/mol. The molecule has 1 aromatic carbocycles. The van der Waals surface area contributed by atoms with E-state index in [1.54, 1.807) is 0 Å². The molecule has 0 amide bonds. The number of rotatable bonds is 2. The molecule has 0 unspecified atom stereocenters. The van der Waals surface area contributed by atoms with Crippen molar-refractivity contribution < 1.29 is 8.78 Å². The fourth-order valence-corrected chi connectivity index (χ4v) is 1.06. The number of nitrogens with two attached hydrogens (primary N) is 1. The third-order valence-corrected chi connectivity index (χ3v) is 2.15. The number of halogens is 2. The second-order valence-electron chi connectivity index (χ2n) is 3.75. The van der Waals surface area contributed by atoms with Gasteiger partial charge in [0, 0.05) is 18.0 Å². The van der Waals surface area contributed by atoms with Crippen LogP contribution in [-0.4, -0.2) is 6.54 Å². The maximum Gasteiger partial charge on any atom is 0.126 e. The minimum atomic E-state index is -0.559. The zero-order chi connectivity index (χ0) is 10.1. The number of hydrogen-bond donors (Lipinski definition) is 1. The van der Waals surface area contributed by atoms with Gasteiger partial charge in [0.15, 0.2) is 0 Å². The van der Waals surface area contributed by atoms with Crippen LogP contribution in [0.1, 0.15) is 19.4 Å². The average Bonchev–Trinajstić information content (AvgIpc) is 2.02. The Labute approximate surface area is 76.6 Å². The normalized spacial score (nSPS) is 11.8. The Morgan fingerprint density at radius 3 is 2.00 bits per heavy atom. The third kappa shape index (κ3) is 2.25. The Balaban J connectivity index is 3.15. The van der Waals surface area contributed by atoms with Crippen molar-refractivity contribution in [2.45, 2.75) is 19.3 Å². The van der Waals surface area contributed by atoms with Crippen LogP contribution in [0.15, 0.2) is 18.2 Å². The van der Waals surface area contributed by atoms with Crippen LogP contribution in [0.3, 0.4) is 0 Å². The molecular weight excluding hydrogens is 172 g/mol. The van der Waals surface area contributed by atoms with Gasteiger partial charge in [-0.25, -0.2) is 8.78 Å². The molecule has 0 fully saturated rings. The summed E-state index contributed by atoms with van der Waals surface area (Å²) in [4.78, 5) is 0. The van der Waals surface area contributed by atoms with Gasteiger partial charge in [-0.2, -0.15) is 0 Å². The van der Waals surface area contributed by atoms with Gasteiger partial charge < -0.3 is 5.73 Å². The van der Waals surface area contributed by atoms with Crippen molar-refractivity contribution in [1.29, 1.82) is 0 Å². The third-order valence-electron chi connectivity index (χ3n) is 2.15. The molecule has 0 saturated carbocycles. The molecule has 0 spiro atoms. The second-order valence-corrected chi connectivity index (χ2v) is 3.75. The first-order valence-electron chi connectivity index (χ1n) is 4.12. The van der Waals surface area contributed by atoms with E-state index in [0.717, 1.165) is 6.07 Å². The molecule has 0 aliphatic rings. The second kappa shape index (κ2) is 3.42. The zero-order valence-corrected chi connectivity index (χ0v) is 7.77. The highest BCUT2D eigenvalue weighted by atomic mass is 19.1. The summed E-state index contributed by atoms with van der Waals surface area (Å²) in [7, 11) is 0. The molecule has 0 aliphatic heterocycles. The molecule has 0 radical (unpaired) electrons. The van der Waals surface area contributed by atoms with Crippen molar-refractivity contribution in [1.82, 2.24) is 0 Å². The van der Waals surface area contributed by atoms with Crippen LogP contribution < -0.4 is 5.73 Å². The molecule has 13 heavy (non-hydrogen) atoms. The van der Waals surface area contributed by atoms with Crippen molar-refractivity contribution >= 4 is 0 Å². The van der Waals surface area contributed by atoms with Crippen LogP contribution in [-0.2, 0) is 5.41 Å². The summed E-state index contributed by atoms with van der Waals surface area (Å²) in [6.45, 7) is 4.05. The first-order chi connectivity index (χ1) is 5.95. The van der Waals surface area contributed by atoms with Gasteiger partial charge in [0.2, 0.25) is 0 Å². The van der Waals surface area contributed by atoms with Crippen molar-refractivity contribution in [2.24, 2.45) is 5.73 Å². The van der Waals surface area contributed by atoms with Gasteiger partial charge in [0.05, 0.1) is 0 Å². The molecule has 0 aromatic heterocycles. The lowest BCUT2D eigenvalue weighted by molar-refractivity contribution is 0.517. The smallest absolute Gasteiger partial charge is 0.126 e. The van der Waals surface area contributed by atoms with Crippen molar-refractivity contribution in [3.05, 3.63) is 35.4 Å². The summed E-state index contributed by atoms with van der Waals surface area (Å²) >= 11 is 0. The summed E-state index contributed by atoms with van der Waals surface area (Å²) in [5, 5.41) is 0. The maximum absolute atomic E-state index is 12.8. The summed E-state index contributed by atoms with van der Waals surface area (Å²) in [5.41, 5.74) is 5.70. The van der Waals surface area contributed by atoms with E-state index in [-0.39, 0.29) is 5.41 Å². The van der Waals surface area contributed by atoms with Crippen molar-refractivity contribution in [2.75, 3.05) is 6.54 Å². The number of hydrogen-bond acceptors (Lipinski definition) is 1. The van der Waals surface area contributed by atoms with E-state index in [0.29, 0.717) is 12.1 Å². The number of benzene rings is 1. The van der Waals surface area contributed by atoms with Crippen LogP contribution in [0, 0.1) is 11.6 Å². The highest BCUT2D eigenvalue weighted by Gasteiger charge is 2.19. The standard InChI is InChI=1S/C10H13F2N/c1-10(2,6-13)7-3-8(11)5-9(12)4-7/h3-5H,6,13H2,1-2H3. The van der Waals surface area contributed by atoms with E-state index < -0.39 is 11.6 Å². The Bertz CT molecular complexity index is 288. The summed E-state index contributed by atoms with van der Waals surface area (Å²) in [6.07, 6.45) is 0. The maximum atomic E-state index is 12.8. The quantitative estimate of drug-likeness (QED) is 0.751. The molecule has 0 atom stereocenters. The van der Waals surface area contributed by atoms with Crippen LogP contribution in [0.4, 0.5) is 8.78 Å². The molecule has 0 bridgehead atoms. The lowest BCUT2D eigenvalue weighted by atomic mass is 9.85. The Hall–Kier alpha value is -0.960. The van der Waals surface area contributed by atoms with E-state index in [1.165, 1.54) is 12.1 Å². The Morgan fingerprint density at radius 2 is 1.62 bits per heavy atom. The largest absolute Gasteiger partial charge is 0.330 e. The molecule has 0 saturated heterocycles. The van der Waals surface area contributed by atoms with Gasteiger partial charge in [-0.1, -0.05) is 13.8 Å². The van der Waals surface area contributed by atoms with Crippen LogP contribution in [0.2, 0.25) is 0 Å². The van der Waals surface area contributed by atoms with E-state index in [9.17, 15) is 8.78 Å². The van der Waals surface area contributed by atoms with E-state index in [4.69, 9.17) is 5.73 Å². The van der Waals surface area contributed by atoms with Gasteiger partial charge in [-0.05, 0) is 17.7 Å². The van der Waals surface area contributed by atoms with Gasteiger partial charge in [0.1, 0.15) is 11.6 Å². The van der Waals surface area contributed by atoms with Crippen LogP contribution in [0.5, 0.6) is 0 Å². The fraction of sp³-hybridized carbons (Fsp3) is 0.400. The van der Waals surface area contributed by atoms with Crippen molar-refractivity contribution in [3.63, 3.8) is 0 Å². The predicted octanol–water partition coefficient (Wildman–Crippen LogP) is 2.20. The van der Waals surface area contributed by atoms with Crippen LogP contribution >= 0.6 is 0 Å². The molecule has 2 N–H and O–H groups in total. The summed E-state index contributed by atoms with van der Waals surface area (Å²) in [6, 6.07) is 3.49. The fourth-order valence-electron chi connectivity index (χ4n) is 1.06. The highest BCUT2D eigenvalue weighted by Crippen LogP contribution is 2.23. The monoisotopic (exact) mass is 185 g/mol. The Morgan fingerprint density at radius 1 is 1.15 bits per heavy atom.